The molecule has 2 aromatic rings. The molecular weight excluding hydrogens is 290 g/mol. The Kier molecular flexibility index (Phi) is 5.46. The van der Waals surface area contributed by atoms with E-state index in [-0.39, 0.29) is 24.4 Å². The SMILES string of the molecule is Cc1cc(C)cc(C(=O)NCC(=O)NC(C)c2ccncc2)c1. The van der Waals surface area contributed by atoms with Crippen molar-refractivity contribution in [2.45, 2.75) is 26.8 Å². The van der Waals surface area contributed by atoms with Crippen LogP contribution in [0, 0.1) is 13.8 Å². The van der Waals surface area contributed by atoms with Crippen molar-refractivity contribution in [3.63, 3.8) is 0 Å². The lowest BCUT2D eigenvalue weighted by atomic mass is 10.1. The Balaban J connectivity index is 1.87. The minimum Gasteiger partial charge on any atom is -0.348 e. The highest BCUT2D eigenvalue weighted by Crippen LogP contribution is 2.10. The topological polar surface area (TPSA) is 71.1 Å². The molecule has 1 aromatic carbocycles. The molecule has 23 heavy (non-hydrogen) atoms. The zero-order valence-corrected chi connectivity index (χ0v) is 13.6. The average Bonchev–Trinajstić information content (AvgIpc) is 2.52. The molecule has 0 saturated heterocycles. The van der Waals surface area contributed by atoms with Gasteiger partial charge in [0.05, 0.1) is 12.6 Å². The first-order chi connectivity index (χ1) is 11.0. The van der Waals surface area contributed by atoms with Gasteiger partial charge in [0, 0.05) is 18.0 Å². The van der Waals surface area contributed by atoms with Gasteiger partial charge in [0.1, 0.15) is 0 Å². The predicted molar refractivity (Wildman–Crippen MR) is 89.0 cm³/mol. The Morgan fingerprint density at radius 1 is 1.09 bits per heavy atom. The van der Waals surface area contributed by atoms with E-state index in [0.29, 0.717) is 5.56 Å². The summed E-state index contributed by atoms with van der Waals surface area (Å²) in [5, 5.41) is 5.49. The standard InChI is InChI=1S/C18H21N3O2/c1-12-8-13(2)10-16(9-12)18(23)20-11-17(22)21-14(3)15-4-6-19-7-5-15/h4-10,14H,11H2,1-3H3,(H,20,23)(H,21,22). The van der Waals surface area contributed by atoms with Crippen LogP contribution < -0.4 is 10.6 Å². The van der Waals surface area contributed by atoms with Gasteiger partial charge in [-0.05, 0) is 50.6 Å². The molecule has 5 nitrogen and oxygen atoms in total. The van der Waals surface area contributed by atoms with Crippen LogP contribution in [-0.4, -0.2) is 23.3 Å². The fourth-order valence-corrected chi connectivity index (χ4v) is 2.40. The molecule has 2 rings (SSSR count). The molecule has 0 aliphatic carbocycles. The number of benzene rings is 1. The van der Waals surface area contributed by atoms with Crippen molar-refractivity contribution in [1.82, 2.24) is 15.6 Å². The Morgan fingerprint density at radius 3 is 2.30 bits per heavy atom. The molecule has 2 amide bonds. The molecule has 120 valence electrons. The Labute approximate surface area is 136 Å². The van der Waals surface area contributed by atoms with Crippen molar-refractivity contribution in [2.24, 2.45) is 0 Å². The number of carbonyl (C=O) groups is 2. The van der Waals surface area contributed by atoms with Gasteiger partial charge >= 0.3 is 0 Å². The molecule has 1 unspecified atom stereocenters. The molecule has 1 atom stereocenters. The van der Waals surface area contributed by atoms with Crippen LogP contribution in [-0.2, 0) is 4.79 Å². The Bertz CT molecular complexity index is 678. The first-order valence-corrected chi connectivity index (χ1v) is 7.51. The number of aromatic nitrogens is 1. The zero-order valence-electron chi connectivity index (χ0n) is 13.6. The van der Waals surface area contributed by atoms with Gasteiger partial charge in [0.25, 0.3) is 5.91 Å². The highest BCUT2D eigenvalue weighted by Gasteiger charge is 2.12. The third-order valence-corrected chi connectivity index (χ3v) is 3.48. The van der Waals surface area contributed by atoms with Crippen LogP contribution in [0.1, 0.15) is 40.0 Å². The Hall–Kier alpha value is -2.69. The molecule has 0 aliphatic heterocycles. The molecule has 1 aromatic heterocycles. The molecule has 0 saturated carbocycles. The number of rotatable bonds is 5. The molecule has 2 N–H and O–H groups in total. The number of hydrogen-bond acceptors (Lipinski definition) is 3. The first-order valence-electron chi connectivity index (χ1n) is 7.51. The van der Waals surface area contributed by atoms with Gasteiger partial charge in [0.15, 0.2) is 0 Å². The van der Waals surface area contributed by atoms with Crippen LogP contribution >= 0.6 is 0 Å². The van der Waals surface area contributed by atoms with Gasteiger partial charge in [-0.3, -0.25) is 14.6 Å². The van der Waals surface area contributed by atoms with E-state index in [1.54, 1.807) is 24.5 Å². The normalized spacial score (nSPS) is 11.6. The summed E-state index contributed by atoms with van der Waals surface area (Å²) < 4.78 is 0. The molecule has 1 heterocycles. The average molecular weight is 311 g/mol. The molecule has 0 spiro atoms. The predicted octanol–water partition coefficient (Wildman–Crippen LogP) is 2.31. The fourth-order valence-electron chi connectivity index (χ4n) is 2.40. The van der Waals surface area contributed by atoms with Crippen molar-refractivity contribution in [3.05, 3.63) is 65.0 Å². The van der Waals surface area contributed by atoms with E-state index in [9.17, 15) is 9.59 Å². The molecule has 0 aliphatic rings. The smallest absolute Gasteiger partial charge is 0.251 e. The van der Waals surface area contributed by atoms with Crippen LogP contribution in [0.3, 0.4) is 0 Å². The number of amides is 2. The summed E-state index contributed by atoms with van der Waals surface area (Å²) in [5.41, 5.74) is 3.57. The number of carbonyl (C=O) groups excluding carboxylic acids is 2. The van der Waals surface area contributed by atoms with Crippen LogP contribution in [0.15, 0.2) is 42.7 Å². The van der Waals surface area contributed by atoms with Crippen LogP contribution in [0.25, 0.3) is 0 Å². The van der Waals surface area contributed by atoms with Crippen molar-refractivity contribution >= 4 is 11.8 Å². The van der Waals surface area contributed by atoms with Gasteiger partial charge in [-0.25, -0.2) is 0 Å². The van der Waals surface area contributed by atoms with E-state index in [0.717, 1.165) is 16.7 Å². The lowest BCUT2D eigenvalue weighted by Gasteiger charge is -2.14. The number of pyridine rings is 1. The van der Waals surface area contributed by atoms with E-state index >= 15 is 0 Å². The second-order valence-electron chi connectivity index (χ2n) is 5.63. The summed E-state index contributed by atoms with van der Waals surface area (Å²) in [6, 6.07) is 9.17. The van der Waals surface area contributed by atoms with E-state index in [2.05, 4.69) is 15.6 Å². The maximum absolute atomic E-state index is 12.1. The summed E-state index contributed by atoms with van der Waals surface area (Å²) >= 11 is 0. The van der Waals surface area contributed by atoms with E-state index in [4.69, 9.17) is 0 Å². The number of nitrogens with zero attached hydrogens (tertiary/aromatic N) is 1. The quantitative estimate of drug-likeness (QED) is 0.890. The maximum atomic E-state index is 12.1. The van der Waals surface area contributed by atoms with Gasteiger partial charge in [-0.15, -0.1) is 0 Å². The summed E-state index contributed by atoms with van der Waals surface area (Å²) in [6.07, 6.45) is 3.36. The largest absolute Gasteiger partial charge is 0.348 e. The first kappa shape index (κ1) is 16.7. The fraction of sp³-hybridized carbons (Fsp3) is 0.278. The zero-order chi connectivity index (χ0) is 16.8. The lowest BCUT2D eigenvalue weighted by molar-refractivity contribution is -0.120. The monoisotopic (exact) mass is 311 g/mol. The van der Waals surface area contributed by atoms with Crippen LogP contribution in [0.4, 0.5) is 0 Å². The lowest BCUT2D eigenvalue weighted by Crippen LogP contribution is -2.38. The second-order valence-corrected chi connectivity index (χ2v) is 5.63. The summed E-state index contributed by atoms with van der Waals surface area (Å²) in [6.45, 7) is 5.71. The van der Waals surface area contributed by atoms with Crippen molar-refractivity contribution < 1.29 is 9.59 Å². The molecular formula is C18H21N3O2. The molecule has 5 heteroatoms. The number of aryl methyl sites for hydroxylation is 2. The van der Waals surface area contributed by atoms with Gasteiger partial charge in [0.2, 0.25) is 5.91 Å². The van der Waals surface area contributed by atoms with Gasteiger partial charge in [-0.1, -0.05) is 17.2 Å². The van der Waals surface area contributed by atoms with Gasteiger partial charge in [-0.2, -0.15) is 0 Å². The minimum absolute atomic E-state index is 0.0543. The molecule has 0 bridgehead atoms. The minimum atomic E-state index is -0.247. The maximum Gasteiger partial charge on any atom is 0.251 e. The Morgan fingerprint density at radius 2 is 1.70 bits per heavy atom. The van der Waals surface area contributed by atoms with E-state index in [1.807, 2.05) is 39.0 Å². The number of hydrogen-bond donors (Lipinski definition) is 2. The highest BCUT2D eigenvalue weighted by atomic mass is 16.2. The van der Waals surface area contributed by atoms with E-state index < -0.39 is 0 Å². The molecule has 0 radical (unpaired) electrons. The number of nitrogens with one attached hydrogen (secondary N) is 2. The third-order valence-electron chi connectivity index (χ3n) is 3.48. The van der Waals surface area contributed by atoms with Crippen LogP contribution in [0.5, 0.6) is 0 Å². The summed E-state index contributed by atoms with van der Waals surface area (Å²) in [4.78, 5) is 28.0. The van der Waals surface area contributed by atoms with Crippen molar-refractivity contribution in [3.8, 4) is 0 Å². The van der Waals surface area contributed by atoms with E-state index in [1.165, 1.54) is 0 Å². The second kappa shape index (κ2) is 7.54. The third kappa shape index (κ3) is 4.92. The van der Waals surface area contributed by atoms with Crippen molar-refractivity contribution in [1.29, 1.82) is 0 Å². The highest BCUT2D eigenvalue weighted by molar-refractivity contribution is 5.96. The van der Waals surface area contributed by atoms with Crippen LogP contribution in [0.2, 0.25) is 0 Å². The summed E-state index contributed by atoms with van der Waals surface area (Å²) in [5.74, 6) is -0.476. The summed E-state index contributed by atoms with van der Waals surface area (Å²) in [7, 11) is 0. The molecule has 0 fully saturated rings. The van der Waals surface area contributed by atoms with Gasteiger partial charge < -0.3 is 10.6 Å². The van der Waals surface area contributed by atoms with Crippen molar-refractivity contribution in [2.75, 3.05) is 6.54 Å².